The van der Waals surface area contributed by atoms with E-state index in [1.807, 2.05) is 267 Å². The van der Waals surface area contributed by atoms with Crippen molar-refractivity contribution in [1.29, 1.82) is 0 Å². The first-order valence-corrected chi connectivity index (χ1v) is 33.3. The maximum absolute atomic E-state index is 4.72. The molecule has 0 radical (unpaired) electrons. The highest BCUT2D eigenvalue weighted by Gasteiger charge is 1.82. The second kappa shape index (κ2) is 101. The third kappa shape index (κ3) is 97.7. The van der Waals surface area contributed by atoms with Crippen LogP contribution in [0.3, 0.4) is 0 Å². The van der Waals surface area contributed by atoms with Gasteiger partial charge >= 0.3 is 0 Å². The molecule has 0 aliphatic rings. The first kappa shape index (κ1) is 105. The number of nitrogens with one attached hydrogen (secondary N) is 3. The van der Waals surface area contributed by atoms with Gasteiger partial charge in [-0.15, -0.1) is 34.0 Å². The van der Waals surface area contributed by atoms with Crippen LogP contribution in [0.5, 0.6) is 0 Å². The van der Waals surface area contributed by atoms with Crippen molar-refractivity contribution in [2.45, 2.75) is 222 Å². The second-order valence-electron chi connectivity index (χ2n) is 12.7. The lowest BCUT2D eigenvalue weighted by molar-refractivity contribution is 0.397. The predicted octanol–water partition coefficient (Wildman–Crippen LogP) is 22.1. The standard InChI is InChI=1S/4C4H6N2.4C4H5NO.3C4H5NS.11C2H6/c2*1-4-2-5-3-6-4;1-6-3-2-5-4-6;1-4-5-2-3-6-4;1-4-2-5-3-6-4;1-4-2-5-6-3-4;1-4-2-3-6-5-4;1-4-2-3-5-6-4;1-4-2-6-3-5-4;1-4-2-5-3-6-4;1-4-5-2-3-6-4;11*1-2/h2*2-3H,1H3,(H,5,6);2-4H,1H3;2-3H,1H3,(H,5,6);7*2-3H,1H3;11*1-2H3. The molecule has 11 aromatic rings. The van der Waals surface area contributed by atoms with E-state index in [2.05, 4.69) is 83.9 Å². The highest BCUT2D eigenvalue weighted by molar-refractivity contribution is 7.09. The molecule has 0 atom stereocenters. The number of nitrogens with zero attached hydrogens (tertiary/aromatic N) is 12. The summed E-state index contributed by atoms with van der Waals surface area (Å²) in [7, 11) is 1.94. The summed E-state index contributed by atoms with van der Waals surface area (Å²) in [6.07, 6.45) is 29.0. The Morgan fingerprint density at radius 3 is 1.16 bits per heavy atom. The van der Waals surface area contributed by atoms with Crippen LogP contribution in [0.2, 0.25) is 0 Å². The Kier molecular flexibility index (Phi) is 122. The molecule has 0 unspecified atom stereocenters. The van der Waals surface area contributed by atoms with Gasteiger partial charge in [-0.3, -0.25) is 15.0 Å². The van der Waals surface area contributed by atoms with Gasteiger partial charge in [-0.1, -0.05) is 168 Å². The quantitative estimate of drug-likeness (QED) is 0.128. The summed E-state index contributed by atoms with van der Waals surface area (Å²) in [6, 6.07) is 3.61. The molecule has 88 heavy (non-hydrogen) atoms. The van der Waals surface area contributed by atoms with Crippen molar-refractivity contribution in [3.8, 4) is 0 Å². The minimum Gasteiger partial charge on any atom is -0.449 e. The van der Waals surface area contributed by atoms with E-state index < -0.39 is 0 Å². The van der Waals surface area contributed by atoms with Gasteiger partial charge in [0.25, 0.3) is 0 Å². The van der Waals surface area contributed by atoms with E-state index in [-0.39, 0.29) is 0 Å². The minimum absolute atomic E-state index is 0.856. The summed E-state index contributed by atoms with van der Waals surface area (Å²) in [5.41, 5.74) is 8.97. The molecule has 0 saturated carbocycles. The van der Waals surface area contributed by atoms with Crippen molar-refractivity contribution < 1.29 is 18.0 Å². The number of oxazole rings is 1. The molecule has 22 heteroatoms. The molecule has 0 aromatic carbocycles. The summed E-state index contributed by atoms with van der Waals surface area (Å²) in [5, 5.41) is 15.6. The lowest BCUT2D eigenvalue weighted by Gasteiger charge is -1.76. The second-order valence-corrected chi connectivity index (χ2v) is 15.7. The van der Waals surface area contributed by atoms with Crippen LogP contribution < -0.4 is 0 Å². The van der Waals surface area contributed by atoms with Crippen molar-refractivity contribution >= 4 is 34.0 Å². The Hall–Kier alpha value is -7.43. The minimum atomic E-state index is 0.856. The van der Waals surface area contributed by atoms with Crippen LogP contribution in [0.4, 0.5) is 0 Å². The van der Waals surface area contributed by atoms with Crippen LogP contribution >= 0.6 is 34.0 Å². The maximum atomic E-state index is 4.72. The predicted molar refractivity (Wildman–Crippen MR) is 384 cm³/mol. The highest BCUT2D eigenvalue weighted by atomic mass is 32.1. The van der Waals surface area contributed by atoms with Gasteiger partial charge in [-0.05, 0) is 69.2 Å². The average Bonchev–Trinajstić information content (AvgIpc) is 4.40. The molecule has 0 spiro atoms. The van der Waals surface area contributed by atoms with E-state index in [9.17, 15) is 0 Å². The van der Waals surface area contributed by atoms with Crippen LogP contribution in [0.15, 0.2) is 158 Å². The summed E-state index contributed by atoms with van der Waals surface area (Å²) in [6.45, 7) is 63.4. The zero-order valence-corrected chi connectivity index (χ0v) is 63.5. The van der Waals surface area contributed by atoms with Crippen molar-refractivity contribution in [2.24, 2.45) is 7.05 Å². The van der Waals surface area contributed by atoms with Gasteiger partial charge in [-0.2, -0.15) is 0 Å². The lowest BCUT2D eigenvalue weighted by Crippen LogP contribution is -1.76. The molecule has 11 aromatic heterocycles. The van der Waals surface area contributed by atoms with Gasteiger partial charge in [0.15, 0.2) is 6.39 Å². The maximum Gasteiger partial charge on any atom is 0.180 e. The topological polar surface area (TPSA) is 247 Å². The first-order valence-electron chi connectivity index (χ1n) is 30.6. The van der Waals surface area contributed by atoms with Crippen LogP contribution in [-0.2, 0) is 7.05 Å². The van der Waals surface area contributed by atoms with Crippen LogP contribution in [0.25, 0.3) is 0 Å². The molecule has 3 N–H and O–H groups in total. The van der Waals surface area contributed by atoms with Gasteiger partial charge < -0.3 is 37.5 Å². The number of aryl methyl sites for hydroxylation is 11. The molecule has 506 valence electrons. The van der Waals surface area contributed by atoms with Crippen LogP contribution in [0.1, 0.15) is 208 Å². The number of aromatic nitrogens is 15. The van der Waals surface area contributed by atoms with Crippen molar-refractivity contribution in [2.75, 3.05) is 0 Å². The lowest BCUT2D eigenvalue weighted by atomic mass is 10.4. The van der Waals surface area contributed by atoms with E-state index >= 15 is 0 Å². The van der Waals surface area contributed by atoms with E-state index in [1.165, 1.54) is 11.3 Å². The van der Waals surface area contributed by atoms with Crippen molar-refractivity contribution in [3.63, 3.8) is 0 Å². The van der Waals surface area contributed by atoms with E-state index in [0.717, 1.165) is 50.7 Å². The number of rotatable bonds is 0. The van der Waals surface area contributed by atoms with E-state index in [1.54, 1.807) is 133 Å². The summed E-state index contributed by atoms with van der Waals surface area (Å²) >= 11 is 4.96. The van der Waals surface area contributed by atoms with Crippen LogP contribution in [-0.4, -0.2) is 74.9 Å². The van der Waals surface area contributed by atoms with Gasteiger partial charge in [0.1, 0.15) is 29.9 Å². The largest absolute Gasteiger partial charge is 0.449 e. The number of aromatic amines is 3. The van der Waals surface area contributed by atoms with Gasteiger partial charge in [-0.25, -0.2) is 24.9 Å². The molecule has 0 fully saturated rings. The monoisotopic (exact) mass is 1290 g/mol. The summed E-state index contributed by atoms with van der Waals surface area (Å²) < 4.78 is 20.1. The zero-order valence-electron chi connectivity index (χ0n) is 61.0. The molecule has 11 rings (SSSR count). The molecule has 11 heterocycles. The van der Waals surface area contributed by atoms with Gasteiger partial charge in [0.2, 0.25) is 0 Å². The molecular weight excluding hydrogens is 1160 g/mol. The third-order valence-electron chi connectivity index (χ3n) is 6.45. The fourth-order valence-corrected chi connectivity index (χ4v) is 4.65. The Balaban J connectivity index is -0.0000000798. The van der Waals surface area contributed by atoms with Gasteiger partial charge in [0, 0.05) is 107 Å². The Bertz CT molecular complexity index is 1850. The first-order chi connectivity index (χ1) is 42.8. The average molecular weight is 1290 g/mol. The molecule has 0 aliphatic carbocycles. The normalized spacial score (nSPS) is 7.38. The molecule has 0 bridgehead atoms. The number of H-pyrrole nitrogens is 3. The Morgan fingerprint density at radius 1 is 0.477 bits per heavy atom. The van der Waals surface area contributed by atoms with Crippen LogP contribution in [0, 0.1) is 69.2 Å². The molecular formula is C66H125N15O4S3. The molecule has 0 saturated heterocycles. The van der Waals surface area contributed by atoms with Gasteiger partial charge in [0.05, 0.1) is 59.3 Å². The summed E-state index contributed by atoms with van der Waals surface area (Å²) in [4.78, 5) is 40.5. The fourth-order valence-electron chi connectivity index (χ4n) is 3.26. The fraction of sp³-hybridized carbons (Fsp3) is 0.500. The smallest absolute Gasteiger partial charge is 0.180 e. The molecule has 0 amide bonds. The zero-order chi connectivity index (χ0) is 70.5. The summed E-state index contributed by atoms with van der Waals surface area (Å²) in [5.74, 6) is 2.68. The third-order valence-corrected chi connectivity index (χ3v) is 8.57. The number of thiazole rings is 3. The SMILES string of the molecule is CC.CC.CC.CC.CC.CC.CC.CC.CC.CC.CC.Cc1ccno1.Cc1ccon1.Cc1cnc[nH]1.Cc1cnc[nH]1.Cc1cnco1.Cc1cncs1.Cc1cnoc1.Cc1cscn1.Cc1ncc[nH]1.Cc1nccs1.Cn1ccnc1. The Labute approximate surface area is 548 Å². The number of hydrogen-bond donors (Lipinski definition) is 3. The highest BCUT2D eigenvalue weighted by Crippen LogP contribution is 2.00. The number of imidazole rings is 4. The van der Waals surface area contributed by atoms with Crippen molar-refractivity contribution in [1.82, 2.24) is 74.9 Å². The van der Waals surface area contributed by atoms with E-state index in [0.29, 0.717) is 0 Å². The molecule has 0 aliphatic heterocycles. The van der Waals surface area contributed by atoms with Crippen molar-refractivity contribution in [3.05, 3.63) is 196 Å². The molecule has 19 nitrogen and oxygen atoms in total. The number of hydrogen-bond acceptors (Lipinski definition) is 18. The Morgan fingerprint density at radius 2 is 1.05 bits per heavy atom. The van der Waals surface area contributed by atoms with E-state index in [4.69, 9.17) is 4.42 Å².